The SMILES string of the molecule is CC(=O)CC(=O)OS(=O)(=O)c1ccc(N)cc1.CCN(CC)CC. The van der Waals surface area contributed by atoms with E-state index in [4.69, 9.17) is 5.73 Å². The summed E-state index contributed by atoms with van der Waals surface area (Å²) in [4.78, 5) is 23.9. The van der Waals surface area contributed by atoms with Crippen LogP contribution in [0.3, 0.4) is 0 Å². The molecule has 0 spiro atoms. The summed E-state index contributed by atoms with van der Waals surface area (Å²) >= 11 is 0. The lowest BCUT2D eigenvalue weighted by atomic mass is 10.3. The van der Waals surface area contributed by atoms with Crippen LogP contribution in [0, 0.1) is 0 Å². The molecule has 1 rings (SSSR count). The van der Waals surface area contributed by atoms with Crippen molar-refractivity contribution in [2.45, 2.75) is 39.0 Å². The maximum atomic E-state index is 11.5. The Kier molecular flexibility index (Phi) is 9.91. The third-order valence-corrected chi connectivity index (χ3v) is 4.36. The molecule has 0 unspecified atom stereocenters. The number of ketones is 1. The first kappa shape index (κ1) is 22.1. The quantitative estimate of drug-likeness (QED) is 0.450. The molecule has 0 amide bonds. The minimum Gasteiger partial charge on any atom is -0.399 e. The first-order valence-electron chi connectivity index (χ1n) is 7.70. The Hall–Kier alpha value is -1.93. The van der Waals surface area contributed by atoms with Gasteiger partial charge >= 0.3 is 16.1 Å². The molecular weight excluding hydrogens is 332 g/mol. The van der Waals surface area contributed by atoms with E-state index < -0.39 is 28.3 Å². The molecule has 24 heavy (non-hydrogen) atoms. The highest BCUT2D eigenvalue weighted by Crippen LogP contribution is 2.14. The Morgan fingerprint density at radius 3 is 1.83 bits per heavy atom. The van der Waals surface area contributed by atoms with Crippen LogP contribution in [0.2, 0.25) is 0 Å². The van der Waals surface area contributed by atoms with E-state index >= 15 is 0 Å². The molecule has 0 aliphatic heterocycles. The molecule has 0 saturated heterocycles. The molecule has 136 valence electrons. The van der Waals surface area contributed by atoms with Crippen molar-refractivity contribution in [2.24, 2.45) is 0 Å². The fourth-order valence-corrected chi connectivity index (χ4v) is 2.58. The van der Waals surface area contributed by atoms with Crippen molar-refractivity contribution in [3.05, 3.63) is 24.3 Å². The van der Waals surface area contributed by atoms with Gasteiger partial charge in [-0.3, -0.25) is 9.59 Å². The average Bonchev–Trinajstić information content (AvgIpc) is 2.48. The van der Waals surface area contributed by atoms with Crippen LogP contribution < -0.4 is 5.73 Å². The average molecular weight is 358 g/mol. The number of nitrogens with zero attached hydrogens (tertiary/aromatic N) is 1. The van der Waals surface area contributed by atoms with Crippen molar-refractivity contribution in [3.63, 3.8) is 0 Å². The summed E-state index contributed by atoms with van der Waals surface area (Å²) in [6.07, 6.45) is -0.575. The van der Waals surface area contributed by atoms with Gasteiger partial charge < -0.3 is 14.8 Å². The molecule has 0 heterocycles. The summed E-state index contributed by atoms with van der Waals surface area (Å²) in [5.41, 5.74) is 5.78. The Balaban J connectivity index is 0.000000640. The minimum absolute atomic E-state index is 0.191. The van der Waals surface area contributed by atoms with Crippen molar-refractivity contribution < 1.29 is 22.2 Å². The predicted molar refractivity (Wildman–Crippen MR) is 92.9 cm³/mol. The van der Waals surface area contributed by atoms with Gasteiger partial charge in [0.2, 0.25) is 0 Å². The molecule has 0 atom stereocenters. The van der Waals surface area contributed by atoms with Crippen LogP contribution in [0.25, 0.3) is 0 Å². The summed E-state index contributed by atoms with van der Waals surface area (Å²) in [7, 11) is -4.18. The first-order valence-corrected chi connectivity index (χ1v) is 9.11. The van der Waals surface area contributed by atoms with Crippen LogP contribution in [0.4, 0.5) is 5.69 Å². The number of Topliss-reactive ketones (excluding diaryl/α,β-unsaturated/α-hetero) is 1. The van der Waals surface area contributed by atoms with E-state index in [1.807, 2.05) is 0 Å². The number of rotatable bonds is 7. The highest BCUT2D eigenvalue weighted by atomic mass is 32.2. The first-order chi connectivity index (χ1) is 11.2. The number of carbonyl (C=O) groups is 2. The fourth-order valence-electron chi connectivity index (χ4n) is 1.71. The van der Waals surface area contributed by atoms with E-state index in [9.17, 15) is 18.0 Å². The normalized spacial score (nSPS) is 10.7. The second-order valence-electron chi connectivity index (χ2n) is 4.98. The summed E-state index contributed by atoms with van der Waals surface area (Å²) in [5, 5.41) is 0. The van der Waals surface area contributed by atoms with Crippen LogP contribution >= 0.6 is 0 Å². The van der Waals surface area contributed by atoms with Crippen LogP contribution in [-0.2, 0) is 23.9 Å². The monoisotopic (exact) mass is 358 g/mol. The molecule has 1 aromatic carbocycles. The van der Waals surface area contributed by atoms with Crippen molar-refractivity contribution in [1.82, 2.24) is 4.90 Å². The molecule has 8 heteroatoms. The molecule has 0 aliphatic rings. The van der Waals surface area contributed by atoms with E-state index in [0.717, 1.165) is 6.92 Å². The zero-order valence-electron chi connectivity index (χ0n) is 14.6. The molecule has 0 radical (unpaired) electrons. The number of benzene rings is 1. The van der Waals surface area contributed by atoms with Gasteiger partial charge in [0.05, 0.1) is 0 Å². The van der Waals surface area contributed by atoms with Gasteiger partial charge in [0.1, 0.15) is 17.1 Å². The number of hydrogen-bond acceptors (Lipinski definition) is 7. The molecule has 0 aliphatic carbocycles. The van der Waals surface area contributed by atoms with Gasteiger partial charge in [-0.2, -0.15) is 8.42 Å². The van der Waals surface area contributed by atoms with Crippen molar-refractivity contribution in [3.8, 4) is 0 Å². The van der Waals surface area contributed by atoms with Gasteiger partial charge in [0.25, 0.3) is 0 Å². The summed E-state index contributed by atoms with van der Waals surface area (Å²) in [6, 6.07) is 5.16. The highest BCUT2D eigenvalue weighted by Gasteiger charge is 2.20. The second-order valence-corrected chi connectivity index (χ2v) is 6.52. The van der Waals surface area contributed by atoms with Crippen LogP contribution in [-0.4, -0.2) is 44.7 Å². The molecule has 1 aromatic rings. The summed E-state index contributed by atoms with van der Waals surface area (Å²) < 4.78 is 27.3. The van der Waals surface area contributed by atoms with E-state index in [1.54, 1.807) is 0 Å². The largest absolute Gasteiger partial charge is 0.399 e. The van der Waals surface area contributed by atoms with Gasteiger partial charge in [-0.25, -0.2) is 0 Å². The Morgan fingerprint density at radius 1 is 1.04 bits per heavy atom. The topological polar surface area (TPSA) is 107 Å². The van der Waals surface area contributed by atoms with Crippen LogP contribution in [0.15, 0.2) is 29.2 Å². The fraction of sp³-hybridized carbons (Fsp3) is 0.500. The molecule has 0 bridgehead atoms. The third kappa shape index (κ3) is 8.64. The second kappa shape index (κ2) is 10.8. The maximum Gasteiger partial charge on any atom is 0.341 e. The number of carbonyl (C=O) groups excluding carboxylic acids is 2. The number of nitrogens with two attached hydrogens (primary N) is 1. The lowest BCUT2D eigenvalue weighted by Gasteiger charge is -2.13. The maximum absolute atomic E-state index is 11.5. The van der Waals surface area contributed by atoms with Gasteiger partial charge in [-0.15, -0.1) is 0 Å². The van der Waals surface area contributed by atoms with E-state index in [2.05, 4.69) is 29.9 Å². The summed E-state index contributed by atoms with van der Waals surface area (Å²) in [5.74, 6) is -1.57. The summed E-state index contributed by atoms with van der Waals surface area (Å²) in [6.45, 7) is 11.3. The molecule has 2 N–H and O–H groups in total. The molecule has 0 aromatic heterocycles. The van der Waals surface area contributed by atoms with Gasteiger partial charge in [0.15, 0.2) is 0 Å². The molecular formula is C16H26N2O5S. The zero-order valence-corrected chi connectivity index (χ0v) is 15.4. The van der Waals surface area contributed by atoms with E-state index in [-0.39, 0.29) is 4.90 Å². The van der Waals surface area contributed by atoms with Crippen molar-refractivity contribution >= 4 is 27.6 Å². The van der Waals surface area contributed by atoms with E-state index in [0.29, 0.717) is 5.69 Å². The number of anilines is 1. The van der Waals surface area contributed by atoms with Gasteiger partial charge in [-0.1, -0.05) is 20.8 Å². The molecule has 0 saturated carbocycles. The molecule has 7 nitrogen and oxygen atoms in total. The minimum atomic E-state index is -4.18. The Bertz CT molecular complexity index is 617. The Labute approximate surface area is 143 Å². The van der Waals surface area contributed by atoms with Crippen LogP contribution in [0.1, 0.15) is 34.1 Å². The lowest BCUT2D eigenvalue weighted by Crippen LogP contribution is -2.21. The van der Waals surface area contributed by atoms with Crippen molar-refractivity contribution in [1.29, 1.82) is 0 Å². The smallest absolute Gasteiger partial charge is 0.341 e. The van der Waals surface area contributed by atoms with Crippen molar-refractivity contribution in [2.75, 3.05) is 25.4 Å². The Morgan fingerprint density at radius 2 is 1.50 bits per heavy atom. The standard InChI is InChI=1S/C10H11NO5S.C6H15N/c1-7(12)6-10(13)16-17(14,15)9-4-2-8(11)3-5-9;1-4-7(5-2)6-3/h2-5H,6,11H2,1H3;4-6H2,1-3H3. The number of nitrogen functional groups attached to an aromatic ring is 1. The van der Waals surface area contributed by atoms with Gasteiger partial charge in [0, 0.05) is 5.69 Å². The predicted octanol–water partition coefficient (Wildman–Crippen LogP) is 1.83. The molecule has 0 fully saturated rings. The lowest BCUT2D eigenvalue weighted by molar-refractivity contribution is -0.136. The van der Waals surface area contributed by atoms with Crippen LogP contribution in [0.5, 0.6) is 0 Å². The highest BCUT2D eigenvalue weighted by molar-refractivity contribution is 7.87. The number of hydrogen-bond donors (Lipinski definition) is 1. The van der Waals surface area contributed by atoms with E-state index in [1.165, 1.54) is 43.9 Å². The zero-order chi connectivity index (χ0) is 18.8. The van der Waals surface area contributed by atoms with Gasteiger partial charge in [-0.05, 0) is 50.8 Å². The third-order valence-electron chi connectivity index (χ3n) is 3.11.